The van der Waals surface area contributed by atoms with Gasteiger partial charge < -0.3 is 9.30 Å². The number of para-hydroxylation sites is 1. The molecule has 1 aliphatic heterocycles. The summed E-state index contributed by atoms with van der Waals surface area (Å²) in [6.07, 6.45) is 6.83. The summed E-state index contributed by atoms with van der Waals surface area (Å²) in [7, 11) is 2.19. The predicted molar refractivity (Wildman–Crippen MR) is 96.8 cm³/mol. The molecule has 124 valence electrons. The van der Waals surface area contributed by atoms with Gasteiger partial charge in [0.15, 0.2) is 0 Å². The molecule has 1 fully saturated rings. The van der Waals surface area contributed by atoms with E-state index in [2.05, 4.69) is 47.4 Å². The first-order valence-electron chi connectivity index (χ1n) is 8.77. The molecule has 1 aromatic heterocycles. The van der Waals surface area contributed by atoms with Crippen LogP contribution < -0.4 is 0 Å². The summed E-state index contributed by atoms with van der Waals surface area (Å²) in [4.78, 5) is 2.61. The number of hydrogen-bond acceptors (Lipinski definition) is 2. The van der Waals surface area contributed by atoms with Crippen molar-refractivity contribution >= 4 is 10.9 Å². The lowest BCUT2D eigenvalue weighted by atomic mass is 10.1. The summed E-state index contributed by atoms with van der Waals surface area (Å²) >= 11 is 0. The van der Waals surface area contributed by atoms with Crippen molar-refractivity contribution in [2.45, 2.75) is 32.2 Å². The van der Waals surface area contributed by atoms with Gasteiger partial charge in [0.05, 0.1) is 13.2 Å². The van der Waals surface area contributed by atoms with Crippen LogP contribution in [-0.4, -0.2) is 35.8 Å². The van der Waals surface area contributed by atoms with Crippen LogP contribution in [0, 0.1) is 0 Å². The second kappa shape index (κ2) is 7.80. The normalized spacial score (nSPS) is 16.0. The standard InChI is InChI=1S/C20H28N2O/c1-3-14-23-15-11-20-18(16-22-12-7-4-8-13-22)17-9-5-6-10-19(17)21(20)2/h3,5-6,9-10H,1,4,7-8,11-16H2,2H3. The van der Waals surface area contributed by atoms with Gasteiger partial charge in [-0.2, -0.15) is 0 Å². The summed E-state index contributed by atoms with van der Waals surface area (Å²) in [5.41, 5.74) is 4.24. The maximum atomic E-state index is 5.64. The van der Waals surface area contributed by atoms with Crippen molar-refractivity contribution in [3.05, 3.63) is 48.2 Å². The average molecular weight is 312 g/mol. The number of aryl methyl sites for hydroxylation is 1. The second-order valence-corrected chi connectivity index (χ2v) is 6.45. The van der Waals surface area contributed by atoms with Crippen molar-refractivity contribution in [2.24, 2.45) is 7.05 Å². The number of fused-ring (bicyclic) bond motifs is 1. The molecule has 23 heavy (non-hydrogen) atoms. The van der Waals surface area contributed by atoms with Crippen LogP contribution in [0.2, 0.25) is 0 Å². The number of aromatic nitrogens is 1. The summed E-state index contributed by atoms with van der Waals surface area (Å²) in [6.45, 7) is 8.63. The van der Waals surface area contributed by atoms with E-state index in [-0.39, 0.29) is 0 Å². The van der Waals surface area contributed by atoms with E-state index < -0.39 is 0 Å². The molecule has 3 heteroatoms. The quantitative estimate of drug-likeness (QED) is 0.570. The average Bonchev–Trinajstić information content (AvgIpc) is 2.85. The van der Waals surface area contributed by atoms with Gasteiger partial charge in [-0.15, -0.1) is 6.58 Å². The maximum Gasteiger partial charge on any atom is 0.0645 e. The minimum atomic E-state index is 0.630. The Labute approximate surface area is 139 Å². The molecule has 1 saturated heterocycles. The maximum absolute atomic E-state index is 5.64. The number of benzene rings is 1. The van der Waals surface area contributed by atoms with E-state index in [1.165, 1.54) is 54.5 Å². The van der Waals surface area contributed by atoms with Crippen molar-refractivity contribution < 1.29 is 4.74 Å². The molecule has 0 radical (unpaired) electrons. The van der Waals surface area contributed by atoms with E-state index in [0.29, 0.717) is 6.61 Å². The van der Waals surface area contributed by atoms with Gasteiger partial charge in [-0.3, -0.25) is 4.90 Å². The highest BCUT2D eigenvalue weighted by atomic mass is 16.5. The van der Waals surface area contributed by atoms with Crippen LogP contribution in [0.3, 0.4) is 0 Å². The number of piperidine rings is 1. The van der Waals surface area contributed by atoms with Gasteiger partial charge in [0.2, 0.25) is 0 Å². The van der Waals surface area contributed by atoms with Crippen LogP contribution in [-0.2, 0) is 24.8 Å². The lowest BCUT2D eigenvalue weighted by Gasteiger charge is -2.26. The van der Waals surface area contributed by atoms with Crippen molar-refractivity contribution in [3.63, 3.8) is 0 Å². The Kier molecular flexibility index (Phi) is 5.52. The number of rotatable bonds is 7. The van der Waals surface area contributed by atoms with Gasteiger partial charge >= 0.3 is 0 Å². The molecule has 3 nitrogen and oxygen atoms in total. The van der Waals surface area contributed by atoms with E-state index in [0.717, 1.165) is 19.6 Å². The van der Waals surface area contributed by atoms with Gasteiger partial charge in [0.25, 0.3) is 0 Å². The fourth-order valence-electron chi connectivity index (χ4n) is 3.70. The molecule has 1 aromatic carbocycles. The van der Waals surface area contributed by atoms with Gasteiger partial charge in [-0.25, -0.2) is 0 Å². The Morgan fingerprint density at radius 1 is 1.17 bits per heavy atom. The lowest BCUT2D eigenvalue weighted by Crippen LogP contribution is -2.29. The Morgan fingerprint density at radius 2 is 1.96 bits per heavy atom. The molecule has 2 heterocycles. The van der Waals surface area contributed by atoms with Gasteiger partial charge in [-0.1, -0.05) is 30.7 Å². The van der Waals surface area contributed by atoms with E-state index in [9.17, 15) is 0 Å². The molecule has 0 atom stereocenters. The van der Waals surface area contributed by atoms with Crippen molar-refractivity contribution in [3.8, 4) is 0 Å². The van der Waals surface area contributed by atoms with Crippen LogP contribution in [0.15, 0.2) is 36.9 Å². The van der Waals surface area contributed by atoms with Crippen molar-refractivity contribution in [1.29, 1.82) is 0 Å². The summed E-state index contributed by atoms with van der Waals surface area (Å²) < 4.78 is 7.99. The highest BCUT2D eigenvalue weighted by Gasteiger charge is 2.18. The molecule has 0 saturated carbocycles. The Bertz CT molecular complexity index is 653. The molecular formula is C20H28N2O. The number of nitrogens with zero attached hydrogens (tertiary/aromatic N) is 2. The fourth-order valence-corrected chi connectivity index (χ4v) is 3.70. The topological polar surface area (TPSA) is 17.4 Å². The number of hydrogen-bond donors (Lipinski definition) is 0. The van der Waals surface area contributed by atoms with Crippen molar-refractivity contribution in [2.75, 3.05) is 26.3 Å². The van der Waals surface area contributed by atoms with Crippen molar-refractivity contribution in [1.82, 2.24) is 9.47 Å². The third-order valence-corrected chi connectivity index (χ3v) is 4.89. The SMILES string of the molecule is C=CCOCCc1c(CN2CCCCC2)c2ccccc2n1C. The smallest absolute Gasteiger partial charge is 0.0645 e. The molecule has 0 spiro atoms. The van der Waals surface area contributed by atoms with Crippen LogP contribution >= 0.6 is 0 Å². The van der Waals surface area contributed by atoms with Gasteiger partial charge in [0.1, 0.15) is 0 Å². The fraction of sp³-hybridized carbons (Fsp3) is 0.500. The molecule has 3 rings (SSSR count). The van der Waals surface area contributed by atoms with E-state index >= 15 is 0 Å². The van der Waals surface area contributed by atoms with Crippen LogP contribution in [0.5, 0.6) is 0 Å². The van der Waals surface area contributed by atoms with E-state index in [4.69, 9.17) is 4.74 Å². The molecule has 0 bridgehead atoms. The molecular weight excluding hydrogens is 284 g/mol. The van der Waals surface area contributed by atoms with Gasteiger partial charge in [0, 0.05) is 36.6 Å². The number of ether oxygens (including phenoxy) is 1. The minimum Gasteiger partial charge on any atom is -0.377 e. The predicted octanol–water partition coefficient (Wildman–Crippen LogP) is 3.91. The van der Waals surface area contributed by atoms with Crippen LogP contribution in [0.1, 0.15) is 30.5 Å². The van der Waals surface area contributed by atoms with E-state index in [1.54, 1.807) is 0 Å². The monoisotopic (exact) mass is 312 g/mol. The summed E-state index contributed by atoms with van der Waals surface area (Å²) in [5, 5.41) is 1.40. The second-order valence-electron chi connectivity index (χ2n) is 6.45. The highest BCUT2D eigenvalue weighted by Crippen LogP contribution is 2.28. The zero-order chi connectivity index (χ0) is 16.1. The molecule has 1 aliphatic rings. The zero-order valence-electron chi connectivity index (χ0n) is 14.3. The largest absolute Gasteiger partial charge is 0.377 e. The first kappa shape index (κ1) is 16.3. The molecule has 0 aliphatic carbocycles. The Balaban J connectivity index is 1.87. The van der Waals surface area contributed by atoms with Crippen LogP contribution in [0.4, 0.5) is 0 Å². The molecule has 0 amide bonds. The van der Waals surface area contributed by atoms with Gasteiger partial charge in [-0.05, 0) is 37.6 Å². The highest BCUT2D eigenvalue weighted by molar-refractivity contribution is 5.85. The third-order valence-electron chi connectivity index (χ3n) is 4.89. The van der Waals surface area contributed by atoms with E-state index in [1.807, 2.05) is 6.08 Å². The molecule has 0 N–H and O–H groups in total. The first-order valence-corrected chi connectivity index (χ1v) is 8.77. The summed E-state index contributed by atoms with van der Waals surface area (Å²) in [6, 6.07) is 8.77. The minimum absolute atomic E-state index is 0.630. The Morgan fingerprint density at radius 3 is 2.74 bits per heavy atom. The lowest BCUT2D eigenvalue weighted by molar-refractivity contribution is 0.164. The first-order chi connectivity index (χ1) is 11.3. The Hall–Kier alpha value is -1.58. The zero-order valence-corrected chi connectivity index (χ0v) is 14.3. The molecule has 0 unspecified atom stereocenters. The third kappa shape index (κ3) is 3.67. The summed E-state index contributed by atoms with van der Waals surface area (Å²) in [5.74, 6) is 0. The molecule has 2 aromatic rings. The van der Waals surface area contributed by atoms with Crippen LogP contribution in [0.25, 0.3) is 10.9 Å². The number of likely N-dealkylation sites (tertiary alicyclic amines) is 1.